The van der Waals surface area contributed by atoms with Crippen molar-refractivity contribution < 1.29 is 24.5 Å². The van der Waals surface area contributed by atoms with Crippen molar-refractivity contribution >= 4 is 11.9 Å². The van der Waals surface area contributed by atoms with Gasteiger partial charge in [0.15, 0.2) is 0 Å². The van der Waals surface area contributed by atoms with E-state index in [-0.39, 0.29) is 42.0 Å². The quantitative estimate of drug-likeness (QED) is 0.574. The zero-order valence-electron chi connectivity index (χ0n) is 21.0. The molecule has 1 saturated carbocycles. The molecule has 1 aliphatic heterocycles. The molecule has 0 radical (unpaired) electrons. The molecular weight excluding hydrogens is 458 g/mol. The maximum Gasteiger partial charge on any atom is 0.336 e. The summed E-state index contributed by atoms with van der Waals surface area (Å²) in [4.78, 5) is 33.3. The van der Waals surface area contributed by atoms with Crippen molar-refractivity contribution in [3.63, 3.8) is 0 Å². The summed E-state index contributed by atoms with van der Waals surface area (Å²) in [5, 5.41) is 19.4. The van der Waals surface area contributed by atoms with Crippen molar-refractivity contribution in [1.29, 1.82) is 0 Å². The van der Waals surface area contributed by atoms with E-state index in [4.69, 9.17) is 4.74 Å². The van der Waals surface area contributed by atoms with E-state index < -0.39 is 5.97 Å². The summed E-state index contributed by atoms with van der Waals surface area (Å²) < 4.78 is 6.33. The first-order valence-electron chi connectivity index (χ1n) is 12.4. The Morgan fingerprint density at radius 2 is 2.08 bits per heavy atom. The number of aromatic nitrogens is 1. The Balaban J connectivity index is 1.60. The largest absolute Gasteiger partial charge is 0.478 e. The maximum absolute atomic E-state index is 13.5. The summed E-state index contributed by atoms with van der Waals surface area (Å²) in [5.74, 6) is 5.75. The van der Waals surface area contributed by atoms with Crippen LogP contribution >= 0.6 is 0 Å². The summed E-state index contributed by atoms with van der Waals surface area (Å²) in [5.41, 5.74) is 2.00. The lowest BCUT2D eigenvalue weighted by Crippen LogP contribution is -2.49. The van der Waals surface area contributed by atoms with Crippen molar-refractivity contribution in [2.45, 2.75) is 45.4 Å². The van der Waals surface area contributed by atoms with E-state index in [0.29, 0.717) is 42.2 Å². The topological polar surface area (TPSA) is 103 Å². The summed E-state index contributed by atoms with van der Waals surface area (Å²) in [7, 11) is 1.91. The minimum absolute atomic E-state index is 0.0654. The molecule has 2 N–H and O–H groups in total. The van der Waals surface area contributed by atoms with Gasteiger partial charge in [-0.3, -0.25) is 9.69 Å². The predicted molar refractivity (Wildman–Crippen MR) is 135 cm³/mol. The average Bonchev–Trinajstić information content (AvgIpc) is 3.69. The highest BCUT2D eigenvalue weighted by Gasteiger charge is 2.34. The Morgan fingerprint density at radius 1 is 1.33 bits per heavy atom. The standard InChI is InChI=1S/C28H33N3O5/c1-18-14-31(19(2)17-32)27(33)24-12-21(11-10-20-8-9-20)13-29-26(24)36-25(18)16-30(3)15-22-6-4-5-7-23(22)28(34)35/h4-7,12-13,18-20,25,32H,8-9,14-17H2,1-3H3,(H,34,35)/t18-,19-,25+/m1/s1. The molecule has 190 valence electrons. The first-order chi connectivity index (χ1) is 17.3. The first kappa shape index (κ1) is 25.7. The van der Waals surface area contributed by atoms with Gasteiger partial charge in [-0.2, -0.15) is 0 Å². The van der Waals surface area contributed by atoms with Gasteiger partial charge in [-0.05, 0) is 44.5 Å². The number of benzene rings is 1. The van der Waals surface area contributed by atoms with Crippen LogP contribution in [-0.4, -0.2) is 75.8 Å². The molecule has 1 aromatic carbocycles. The van der Waals surface area contributed by atoms with Crippen LogP contribution < -0.4 is 4.74 Å². The molecule has 8 nitrogen and oxygen atoms in total. The number of fused-ring (bicyclic) bond motifs is 1. The lowest BCUT2D eigenvalue weighted by molar-refractivity contribution is 0.0325. The van der Waals surface area contributed by atoms with Crippen molar-refractivity contribution in [2.75, 3.05) is 26.7 Å². The minimum atomic E-state index is -0.958. The molecule has 0 spiro atoms. The second kappa shape index (κ2) is 11.1. The number of nitrogens with zero attached hydrogens (tertiary/aromatic N) is 3. The smallest absolute Gasteiger partial charge is 0.336 e. The van der Waals surface area contributed by atoms with Crippen molar-refractivity contribution in [1.82, 2.24) is 14.8 Å². The molecule has 8 heteroatoms. The third kappa shape index (κ3) is 6.04. The van der Waals surface area contributed by atoms with Gasteiger partial charge in [0.2, 0.25) is 5.88 Å². The lowest BCUT2D eigenvalue weighted by Gasteiger charge is -2.37. The molecule has 1 aliphatic carbocycles. The number of ether oxygens (including phenoxy) is 1. The number of aromatic carboxylic acids is 1. The van der Waals surface area contributed by atoms with Gasteiger partial charge in [0.05, 0.1) is 18.2 Å². The summed E-state index contributed by atoms with van der Waals surface area (Å²) in [6.07, 6.45) is 3.54. The van der Waals surface area contributed by atoms with Gasteiger partial charge >= 0.3 is 5.97 Å². The zero-order valence-corrected chi connectivity index (χ0v) is 21.0. The van der Waals surface area contributed by atoms with Crippen LogP contribution in [0.1, 0.15) is 58.5 Å². The molecule has 1 amide bonds. The molecule has 2 aliphatic rings. The molecule has 2 heterocycles. The van der Waals surface area contributed by atoms with Gasteiger partial charge in [0.1, 0.15) is 11.7 Å². The molecule has 4 rings (SSSR count). The Hall–Kier alpha value is -3.41. The summed E-state index contributed by atoms with van der Waals surface area (Å²) in [6.45, 7) is 5.01. The first-order valence-corrected chi connectivity index (χ1v) is 12.4. The van der Waals surface area contributed by atoms with E-state index in [0.717, 1.165) is 12.8 Å². The van der Waals surface area contributed by atoms with Crippen molar-refractivity contribution in [2.24, 2.45) is 11.8 Å². The maximum atomic E-state index is 13.5. The third-order valence-corrected chi connectivity index (χ3v) is 6.70. The fourth-order valence-electron chi connectivity index (χ4n) is 4.33. The second-order valence-electron chi connectivity index (χ2n) is 9.90. The Labute approximate surface area is 211 Å². The number of carboxylic acids is 1. The lowest BCUT2D eigenvalue weighted by atomic mass is 9.99. The molecule has 0 saturated heterocycles. The minimum Gasteiger partial charge on any atom is -0.478 e. The monoisotopic (exact) mass is 491 g/mol. The summed E-state index contributed by atoms with van der Waals surface area (Å²) in [6, 6.07) is 8.32. The number of aliphatic hydroxyl groups is 1. The predicted octanol–water partition coefficient (Wildman–Crippen LogP) is 2.89. The molecule has 0 bridgehead atoms. The number of hydrogen-bond donors (Lipinski definition) is 2. The number of pyridine rings is 1. The fourth-order valence-corrected chi connectivity index (χ4v) is 4.33. The van der Waals surface area contributed by atoms with E-state index in [1.54, 1.807) is 29.3 Å². The highest BCUT2D eigenvalue weighted by molar-refractivity contribution is 5.97. The van der Waals surface area contributed by atoms with Gasteiger partial charge in [-0.15, -0.1) is 0 Å². The highest BCUT2D eigenvalue weighted by Crippen LogP contribution is 2.29. The average molecular weight is 492 g/mol. The number of aliphatic hydroxyl groups excluding tert-OH is 1. The van der Waals surface area contributed by atoms with Crippen LogP contribution in [0.2, 0.25) is 0 Å². The molecule has 1 fully saturated rings. The number of amides is 1. The van der Waals surface area contributed by atoms with Crippen LogP contribution in [0.15, 0.2) is 36.5 Å². The molecule has 36 heavy (non-hydrogen) atoms. The number of rotatable bonds is 7. The van der Waals surface area contributed by atoms with E-state index in [9.17, 15) is 19.8 Å². The number of carbonyl (C=O) groups is 2. The number of hydrogen-bond acceptors (Lipinski definition) is 6. The van der Waals surface area contributed by atoms with Crippen LogP contribution in [0.25, 0.3) is 0 Å². The highest BCUT2D eigenvalue weighted by atomic mass is 16.5. The van der Waals surface area contributed by atoms with Gasteiger partial charge in [-0.25, -0.2) is 9.78 Å². The number of carbonyl (C=O) groups excluding carboxylic acids is 1. The van der Waals surface area contributed by atoms with Gasteiger partial charge in [0, 0.05) is 43.2 Å². The molecule has 1 aromatic heterocycles. The van der Waals surface area contributed by atoms with E-state index in [2.05, 4.69) is 16.8 Å². The van der Waals surface area contributed by atoms with Gasteiger partial charge < -0.3 is 19.8 Å². The zero-order chi connectivity index (χ0) is 25.8. The van der Waals surface area contributed by atoms with Crippen LogP contribution in [0, 0.1) is 23.7 Å². The second-order valence-corrected chi connectivity index (χ2v) is 9.90. The molecule has 2 aromatic rings. The third-order valence-electron chi connectivity index (χ3n) is 6.70. The van der Waals surface area contributed by atoms with Crippen LogP contribution in [0.5, 0.6) is 5.88 Å². The normalized spacial score (nSPS) is 20.5. The molecule has 3 atom stereocenters. The molecular formula is C28H33N3O5. The Bertz CT molecular complexity index is 1180. The fraction of sp³-hybridized carbons (Fsp3) is 0.464. The molecule has 0 unspecified atom stereocenters. The van der Waals surface area contributed by atoms with Gasteiger partial charge in [-0.1, -0.05) is 37.0 Å². The number of likely N-dealkylation sites (N-methyl/N-ethyl adjacent to an activating group) is 1. The Kier molecular flexibility index (Phi) is 7.92. The SMILES string of the molecule is C[C@@H]1CN([C@H](C)CO)C(=O)c2cc(C#CC3CC3)cnc2O[C@H]1CN(C)Cc1ccccc1C(=O)O. The van der Waals surface area contributed by atoms with Crippen LogP contribution in [0.3, 0.4) is 0 Å². The van der Waals surface area contributed by atoms with Gasteiger partial charge in [0.25, 0.3) is 5.91 Å². The summed E-state index contributed by atoms with van der Waals surface area (Å²) >= 11 is 0. The van der Waals surface area contributed by atoms with E-state index in [1.165, 1.54) is 0 Å². The van der Waals surface area contributed by atoms with Crippen molar-refractivity contribution in [3.8, 4) is 17.7 Å². The van der Waals surface area contributed by atoms with Crippen molar-refractivity contribution in [3.05, 3.63) is 58.8 Å². The van der Waals surface area contributed by atoms with E-state index >= 15 is 0 Å². The van der Waals surface area contributed by atoms with Crippen LogP contribution in [0.4, 0.5) is 0 Å². The Morgan fingerprint density at radius 3 is 2.78 bits per heavy atom. The van der Waals surface area contributed by atoms with E-state index in [1.807, 2.05) is 37.9 Å². The number of carboxylic acid groups (broad SMARTS) is 1. The van der Waals surface area contributed by atoms with Crippen LogP contribution in [-0.2, 0) is 6.54 Å².